The van der Waals surface area contributed by atoms with Crippen LogP contribution in [0.15, 0.2) is 76.7 Å². The van der Waals surface area contributed by atoms with E-state index in [-0.39, 0.29) is 10.7 Å². The summed E-state index contributed by atoms with van der Waals surface area (Å²) in [5.74, 6) is -0.994. The number of methoxy groups -OCH3 is 1. The van der Waals surface area contributed by atoms with Crippen LogP contribution in [-0.4, -0.2) is 39.5 Å². The standard InChI is InChI=1S/C24H17ClF3N3O4S/c1-34-17-7-2-14(3-8-17)13-31-22(21(23(32)33)29-30-31)36-18-9-4-15(5-10-18)16-6-11-20(19(25)12-16)35-24(26,27)28/h2-12H,13H2,1H3,(H,32,33). The van der Waals surface area contributed by atoms with Crippen molar-refractivity contribution >= 4 is 29.3 Å². The van der Waals surface area contributed by atoms with Crippen molar-refractivity contribution in [3.8, 4) is 22.6 Å². The highest BCUT2D eigenvalue weighted by Crippen LogP contribution is 2.35. The van der Waals surface area contributed by atoms with E-state index in [1.165, 1.54) is 28.6 Å². The Labute approximate surface area is 212 Å². The van der Waals surface area contributed by atoms with Gasteiger partial charge in [0.2, 0.25) is 5.69 Å². The monoisotopic (exact) mass is 535 g/mol. The number of carboxylic acid groups (broad SMARTS) is 1. The number of nitrogens with zero attached hydrogens (tertiary/aromatic N) is 3. The molecule has 0 unspecified atom stereocenters. The second kappa shape index (κ2) is 10.5. The Morgan fingerprint density at radius 3 is 2.31 bits per heavy atom. The van der Waals surface area contributed by atoms with E-state index in [1.54, 1.807) is 43.5 Å². The Kier molecular flexibility index (Phi) is 7.41. The quantitative estimate of drug-likeness (QED) is 0.279. The second-order valence-corrected chi connectivity index (χ2v) is 8.84. The van der Waals surface area contributed by atoms with Gasteiger partial charge < -0.3 is 14.6 Å². The maximum atomic E-state index is 12.5. The van der Waals surface area contributed by atoms with Gasteiger partial charge in [-0.3, -0.25) is 0 Å². The molecule has 36 heavy (non-hydrogen) atoms. The molecular weight excluding hydrogens is 519 g/mol. The molecule has 4 aromatic rings. The summed E-state index contributed by atoms with van der Waals surface area (Å²) in [5, 5.41) is 17.6. The number of carbonyl (C=O) groups is 1. The van der Waals surface area contributed by atoms with Gasteiger partial charge in [-0.2, -0.15) is 0 Å². The summed E-state index contributed by atoms with van der Waals surface area (Å²) in [7, 11) is 1.57. The Bertz CT molecular complexity index is 1380. The lowest BCUT2D eigenvalue weighted by molar-refractivity contribution is -0.274. The molecule has 1 aromatic heterocycles. The van der Waals surface area contributed by atoms with Crippen LogP contribution in [0.25, 0.3) is 11.1 Å². The summed E-state index contributed by atoms with van der Waals surface area (Å²) in [4.78, 5) is 12.4. The molecule has 0 radical (unpaired) electrons. The topological polar surface area (TPSA) is 86.5 Å². The van der Waals surface area contributed by atoms with Crippen molar-refractivity contribution in [1.29, 1.82) is 0 Å². The van der Waals surface area contributed by atoms with Crippen LogP contribution >= 0.6 is 23.4 Å². The lowest BCUT2D eigenvalue weighted by Crippen LogP contribution is -2.17. The number of rotatable bonds is 8. The molecule has 4 rings (SSSR count). The van der Waals surface area contributed by atoms with Crippen LogP contribution in [0.2, 0.25) is 5.02 Å². The summed E-state index contributed by atoms with van der Waals surface area (Å²) < 4.78 is 48.0. The van der Waals surface area contributed by atoms with Crippen LogP contribution in [0.5, 0.6) is 11.5 Å². The van der Waals surface area contributed by atoms with Crippen LogP contribution in [-0.2, 0) is 6.54 Å². The van der Waals surface area contributed by atoms with Crippen molar-refractivity contribution < 1.29 is 32.5 Å². The number of carboxylic acids is 1. The molecule has 12 heteroatoms. The Morgan fingerprint density at radius 2 is 1.72 bits per heavy atom. The predicted molar refractivity (Wildman–Crippen MR) is 127 cm³/mol. The number of halogens is 4. The molecule has 0 fully saturated rings. The molecule has 0 saturated heterocycles. The first-order valence-corrected chi connectivity index (χ1v) is 11.5. The lowest BCUT2D eigenvalue weighted by atomic mass is 10.1. The Hall–Kier alpha value is -3.70. The van der Waals surface area contributed by atoms with Crippen molar-refractivity contribution in [3.05, 3.63) is 83.0 Å². The highest BCUT2D eigenvalue weighted by molar-refractivity contribution is 7.99. The predicted octanol–water partition coefficient (Wildman–Crippen LogP) is 6.40. The number of hydrogen-bond donors (Lipinski definition) is 1. The van der Waals surface area contributed by atoms with Gasteiger partial charge in [-0.25, -0.2) is 9.48 Å². The molecular formula is C24H17ClF3N3O4S. The first kappa shape index (κ1) is 25.4. The maximum Gasteiger partial charge on any atom is 0.573 e. The molecule has 0 spiro atoms. The number of alkyl halides is 3. The minimum absolute atomic E-state index is 0.176. The Balaban J connectivity index is 1.55. The van der Waals surface area contributed by atoms with Crippen LogP contribution < -0.4 is 9.47 Å². The molecule has 0 aliphatic heterocycles. The molecule has 0 aliphatic rings. The van der Waals surface area contributed by atoms with E-state index in [4.69, 9.17) is 16.3 Å². The van der Waals surface area contributed by atoms with Crippen LogP contribution in [0.4, 0.5) is 13.2 Å². The van der Waals surface area contributed by atoms with Gasteiger partial charge in [0.15, 0.2) is 0 Å². The minimum Gasteiger partial charge on any atom is -0.497 e. The lowest BCUT2D eigenvalue weighted by Gasteiger charge is -2.12. The van der Waals surface area contributed by atoms with Gasteiger partial charge in [0.25, 0.3) is 0 Å². The van der Waals surface area contributed by atoms with E-state index < -0.39 is 18.1 Å². The highest BCUT2D eigenvalue weighted by atomic mass is 35.5. The van der Waals surface area contributed by atoms with E-state index in [9.17, 15) is 23.1 Å². The first-order chi connectivity index (χ1) is 17.1. The van der Waals surface area contributed by atoms with Crippen molar-refractivity contribution in [3.63, 3.8) is 0 Å². The van der Waals surface area contributed by atoms with Gasteiger partial charge in [-0.05, 0) is 53.1 Å². The fraction of sp³-hybridized carbons (Fsp3) is 0.125. The van der Waals surface area contributed by atoms with E-state index in [0.717, 1.165) is 11.6 Å². The van der Waals surface area contributed by atoms with Gasteiger partial charge in [0.1, 0.15) is 16.5 Å². The van der Waals surface area contributed by atoms with Gasteiger partial charge in [-0.15, -0.1) is 18.3 Å². The number of aromatic nitrogens is 3. The smallest absolute Gasteiger partial charge is 0.497 e. The van der Waals surface area contributed by atoms with E-state index >= 15 is 0 Å². The fourth-order valence-electron chi connectivity index (χ4n) is 3.26. The molecule has 3 aromatic carbocycles. The van der Waals surface area contributed by atoms with Gasteiger partial charge in [-0.1, -0.05) is 58.9 Å². The average Bonchev–Trinajstić information content (AvgIpc) is 3.23. The molecule has 7 nitrogen and oxygen atoms in total. The number of aromatic carboxylic acids is 1. The summed E-state index contributed by atoms with van der Waals surface area (Å²) in [6, 6.07) is 18.3. The molecule has 1 N–H and O–H groups in total. The SMILES string of the molecule is COc1ccc(Cn2nnc(C(=O)O)c2Sc2ccc(-c3ccc(OC(F)(F)F)c(Cl)c3)cc2)cc1. The molecule has 0 atom stereocenters. The number of hydrogen-bond acceptors (Lipinski definition) is 6. The van der Waals surface area contributed by atoms with E-state index in [1.807, 2.05) is 12.1 Å². The maximum absolute atomic E-state index is 12.5. The molecule has 0 saturated carbocycles. The van der Waals surface area contributed by atoms with Crippen molar-refractivity contribution in [2.75, 3.05) is 7.11 Å². The normalized spacial score (nSPS) is 11.4. The van der Waals surface area contributed by atoms with Crippen LogP contribution in [0.3, 0.4) is 0 Å². The van der Waals surface area contributed by atoms with Gasteiger partial charge in [0, 0.05) is 4.90 Å². The van der Waals surface area contributed by atoms with Gasteiger partial charge in [0.05, 0.1) is 18.7 Å². The average molecular weight is 536 g/mol. The zero-order chi connectivity index (χ0) is 25.9. The highest BCUT2D eigenvalue weighted by Gasteiger charge is 2.32. The van der Waals surface area contributed by atoms with Crippen molar-refractivity contribution in [1.82, 2.24) is 15.0 Å². The largest absolute Gasteiger partial charge is 0.573 e. The zero-order valence-corrected chi connectivity index (χ0v) is 20.1. The van der Waals surface area contributed by atoms with Crippen LogP contribution in [0, 0.1) is 0 Å². The summed E-state index contributed by atoms with van der Waals surface area (Å²) in [5.41, 5.74) is 1.99. The number of benzene rings is 3. The van der Waals surface area contributed by atoms with E-state index in [0.29, 0.717) is 33.3 Å². The third kappa shape index (κ3) is 6.10. The van der Waals surface area contributed by atoms with Crippen LogP contribution in [0.1, 0.15) is 16.1 Å². The summed E-state index contributed by atoms with van der Waals surface area (Å²) >= 11 is 7.13. The third-order valence-corrected chi connectivity index (χ3v) is 6.34. The first-order valence-electron chi connectivity index (χ1n) is 10.3. The zero-order valence-electron chi connectivity index (χ0n) is 18.5. The minimum atomic E-state index is -4.84. The third-order valence-electron chi connectivity index (χ3n) is 4.94. The Morgan fingerprint density at radius 1 is 1.06 bits per heavy atom. The second-order valence-electron chi connectivity index (χ2n) is 7.37. The number of ether oxygens (including phenoxy) is 2. The summed E-state index contributed by atoms with van der Waals surface area (Å²) in [6.45, 7) is 0.301. The van der Waals surface area contributed by atoms with Crippen molar-refractivity contribution in [2.45, 2.75) is 22.8 Å². The fourth-order valence-corrected chi connectivity index (χ4v) is 4.41. The molecule has 0 bridgehead atoms. The molecule has 186 valence electrons. The van der Waals surface area contributed by atoms with E-state index in [2.05, 4.69) is 15.0 Å². The molecule has 0 amide bonds. The molecule has 0 aliphatic carbocycles. The summed E-state index contributed by atoms with van der Waals surface area (Å²) in [6.07, 6.45) is -4.84. The van der Waals surface area contributed by atoms with Crippen molar-refractivity contribution in [2.24, 2.45) is 0 Å². The molecule has 1 heterocycles. The van der Waals surface area contributed by atoms with Gasteiger partial charge >= 0.3 is 12.3 Å².